The molecule has 1 radical (unpaired) electrons. The number of benzene rings is 1. The normalized spacial score (nSPS) is 11.4. The minimum Gasteiger partial charge on any atom is -0.493 e. The largest absolute Gasteiger partial charge is 0.493 e. The van der Waals surface area contributed by atoms with Gasteiger partial charge in [-0.1, -0.05) is 207 Å². The Balaban J connectivity index is 2.03. The molecular formula is C43H79O2. The molecule has 0 aliphatic rings. The van der Waals surface area contributed by atoms with Crippen LogP contribution in [0.3, 0.4) is 0 Å². The van der Waals surface area contributed by atoms with E-state index in [4.69, 9.17) is 9.47 Å². The molecule has 0 fully saturated rings. The van der Waals surface area contributed by atoms with E-state index in [1.54, 1.807) is 0 Å². The summed E-state index contributed by atoms with van der Waals surface area (Å²) in [5.41, 5.74) is 1.22. The Morgan fingerprint density at radius 1 is 0.400 bits per heavy atom. The van der Waals surface area contributed by atoms with Crippen LogP contribution in [0.1, 0.15) is 218 Å². The summed E-state index contributed by atoms with van der Waals surface area (Å²) in [7, 11) is 0. The van der Waals surface area contributed by atoms with Crippen LogP contribution in [0, 0.1) is 6.92 Å². The van der Waals surface area contributed by atoms with E-state index >= 15 is 0 Å². The minimum absolute atomic E-state index is 0.810. The second kappa shape index (κ2) is 34.2. The number of unbranched alkanes of at least 4 members (excludes halogenated alkanes) is 28. The van der Waals surface area contributed by atoms with Crippen molar-refractivity contribution in [3.63, 3.8) is 0 Å². The van der Waals surface area contributed by atoms with Crippen molar-refractivity contribution in [2.24, 2.45) is 0 Å². The molecule has 0 saturated carbocycles. The van der Waals surface area contributed by atoms with Gasteiger partial charge in [-0.3, -0.25) is 0 Å². The first-order chi connectivity index (χ1) is 22.3. The second-order valence-electron chi connectivity index (χ2n) is 13.9. The monoisotopic (exact) mass is 628 g/mol. The maximum Gasteiger partial charge on any atom is 0.126 e. The fraction of sp³-hybridized carbons (Fsp3) is 0.837. The number of hydrogen-bond donors (Lipinski definition) is 0. The molecule has 45 heavy (non-hydrogen) atoms. The van der Waals surface area contributed by atoms with E-state index in [1.807, 2.05) is 0 Å². The van der Waals surface area contributed by atoms with E-state index < -0.39 is 0 Å². The standard InChI is InChI=1S/C43H79O2/c1-4-7-9-11-13-15-17-19-21-23-25-27-29-31-33-39-44-42-37-35-38-43(41(42)36-6-3)45-40-34-32-30-28-26-24-22-20-18-16-14-12-10-8-5-2/h35,37-38H,3-34,36,39-40H2,1-2H3. The van der Waals surface area contributed by atoms with Crippen molar-refractivity contribution >= 4 is 0 Å². The Morgan fingerprint density at radius 2 is 0.667 bits per heavy atom. The molecule has 0 spiro atoms. The summed E-state index contributed by atoms with van der Waals surface area (Å²) in [4.78, 5) is 0. The summed E-state index contributed by atoms with van der Waals surface area (Å²) in [5, 5.41) is 0. The van der Waals surface area contributed by atoms with Crippen molar-refractivity contribution in [2.45, 2.75) is 219 Å². The van der Waals surface area contributed by atoms with E-state index in [-0.39, 0.29) is 0 Å². The van der Waals surface area contributed by atoms with Crippen molar-refractivity contribution < 1.29 is 9.47 Å². The molecule has 0 aliphatic heterocycles. The van der Waals surface area contributed by atoms with E-state index in [0.717, 1.165) is 50.4 Å². The zero-order valence-corrected chi connectivity index (χ0v) is 30.8. The molecule has 0 heterocycles. The molecule has 0 aliphatic carbocycles. The van der Waals surface area contributed by atoms with Crippen LogP contribution < -0.4 is 9.47 Å². The predicted octanol–water partition coefficient (Wildman–Crippen LogP) is 15.0. The maximum atomic E-state index is 6.27. The van der Waals surface area contributed by atoms with Crippen LogP contribution in [0.2, 0.25) is 0 Å². The highest BCUT2D eigenvalue weighted by atomic mass is 16.5. The molecule has 0 N–H and O–H groups in total. The van der Waals surface area contributed by atoms with Crippen molar-refractivity contribution in [1.29, 1.82) is 0 Å². The first-order valence-electron chi connectivity index (χ1n) is 20.5. The van der Waals surface area contributed by atoms with Gasteiger partial charge >= 0.3 is 0 Å². The third-order valence-corrected chi connectivity index (χ3v) is 9.53. The smallest absolute Gasteiger partial charge is 0.126 e. The molecule has 1 aromatic rings. The predicted molar refractivity (Wildman–Crippen MR) is 201 cm³/mol. The van der Waals surface area contributed by atoms with Crippen LogP contribution in [-0.2, 0) is 6.42 Å². The van der Waals surface area contributed by atoms with Crippen molar-refractivity contribution in [3.8, 4) is 11.5 Å². The lowest BCUT2D eigenvalue weighted by Crippen LogP contribution is -2.04. The molecule has 1 rings (SSSR count). The quantitative estimate of drug-likeness (QED) is 0.0689. The zero-order valence-electron chi connectivity index (χ0n) is 30.8. The summed E-state index contributed by atoms with van der Waals surface area (Å²) in [6.07, 6.45) is 43.6. The van der Waals surface area contributed by atoms with Gasteiger partial charge in [0.05, 0.1) is 13.2 Å². The third kappa shape index (κ3) is 26.6. The molecular weight excluding hydrogens is 548 g/mol. The van der Waals surface area contributed by atoms with Gasteiger partial charge < -0.3 is 9.47 Å². The summed E-state index contributed by atoms with van der Waals surface area (Å²) in [6, 6.07) is 6.34. The van der Waals surface area contributed by atoms with Gasteiger partial charge in [-0.05, 0) is 37.8 Å². The van der Waals surface area contributed by atoms with Crippen LogP contribution in [0.5, 0.6) is 11.5 Å². The number of rotatable bonds is 36. The first-order valence-corrected chi connectivity index (χ1v) is 20.5. The van der Waals surface area contributed by atoms with Gasteiger partial charge in [0, 0.05) is 5.56 Å². The minimum atomic E-state index is 0.810. The summed E-state index contributed by atoms with van der Waals surface area (Å²) < 4.78 is 12.5. The summed E-state index contributed by atoms with van der Waals surface area (Å²) in [5.74, 6) is 2.02. The van der Waals surface area contributed by atoms with E-state index in [9.17, 15) is 0 Å². The molecule has 1 aromatic carbocycles. The summed E-state index contributed by atoms with van der Waals surface area (Å²) >= 11 is 0. The molecule has 0 amide bonds. The Kier molecular flexibility index (Phi) is 31.8. The van der Waals surface area contributed by atoms with Crippen molar-refractivity contribution in [1.82, 2.24) is 0 Å². The van der Waals surface area contributed by atoms with Gasteiger partial charge in [0.2, 0.25) is 0 Å². The number of hydrogen-bond acceptors (Lipinski definition) is 2. The lowest BCUT2D eigenvalue weighted by molar-refractivity contribution is 0.284. The van der Waals surface area contributed by atoms with Gasteiger partial charge in [-0.15, -0.1) is 0 Å². The molecule has 0 saturated heterocycles. The van der Waals surface area contributed by atoms with Gasteiger partial charge in [0.15, 0.2) is 0 Å². The summed E-state index contributed by atoms with van der Waals surface area (Å²) in [6.45, 7) is 10.3. The zero-order chi connectivity index (χ0) is 32.3. The third-order valence-electron chi connectivity index (χ3n) is 9.53. The highest BCUT2D eigenvalue weighted by Gasteiger charge is 2.10. The van der Waals surface area contributed by atoms with E-state index in [1.165, 1.54) is 185 Å². The lowest BCUT2D eigenvalue weighted by Gasteiger charge is -2.16. The Morgan fingerprint density at radius 3 is 0.933 bits per heavy atom. The maximum absolute atomic E-state index is 6.27. The number of ether oxygens (including phenoxy) is 2. The molecule has 0 unspecified atom stereocenters. The van der Waals surface area contributed by atoms with Crippen LogP contribution in [-0.4, -0.2) is 13.2 Å². The highest BCUT2D eigenvalue weighted by molar-refractivity contribution is 5.45. The van der Waals surface area contributed by atoms with Crippen LogP contribution in [0.25, 0.3) is 0 Å². The molecule has 2 heteroatoms. The first kappa shape index (κ1) is 41.8. The molecule has 0 atom stereocenters. The van der Waals surface area contributed by atoms with Crippen molar-refractivity contribution in [2.75, 3.05) is 13.2 Å². The molecule has 0 aromatic heterocycles. The highest BCUT2D eigenvalue weighted by Crippen LogP contribution is 2.30. The van der Waals surface area contributed by atoms with Gasteiger partial charge in [0.25, 0.3) is 0 Å². The molecule has 0 bridgehead atoms. The molecule has 2 nitrogen and oxygen atoms in total. The lowest BCUT2D eigenvalue weighted by atomic mass is 10.0. The van der Waals surface area contributed by atoms with E-state index in [0.29, 0.717) is 0 Å². The SMILES string of the molecule is [CH2]CCc1c(OCCCCCCCCCCCCCCCCC)cccc1OCCCCCCCCCCCCCCCCC. The van der Waals surface area contributed by atoms with E-state index in [2.05, 4.69) is 39.0 Å². The second-order valence-corrected chi connectivity index (χ2v) is 13.9. The van der Waals surface area contributed by atoms with Gasteiger partial charge in [-0.2, -0.15) is 0 Å². The average molecular weight is 628 g/mol. The van der Waals surface area contributed by atoms with Crippen molar-refractivity contribution in [3.05, 3.63) is 30.7 Å². The van der Waals surface area contributed by atoms with Crippen LogP contribution in [0.4, 0.5) is 0 Å². The fourth-order valence-corrected chi connectivity index (χ4v) is 6.55. The van der Waals surface area contributed by atoms with Gasteiger partial charge in [0.1, 0.15) is 11.5 Å². The van der Waals surface area contributed by atoms with Crippen LogP contribution in [0.15, 0.2) is 18.2 Å². The Labute approximate surface area is 283 Å². The fourth-order valence-electron chi connectivity index (χ4n) is 6.55. The Hall–Kier alpha value is -1.18. The Bertz CT molecular complexity index is 660. The van der Waals surface area contributed by atoms with Gasteiger partial charge in [-0.25, -0.2) is 0 Å². The average Bonchev–Trinajstić information content (AvgIpc) is 3.05. The topological polar surface area (TPSA) is 18.5 Å². The molecule has 263 valence electrons. The van der Waals surface area contributed by atoms with Crippen LogP contribution >= 0.6 is 0 Å².